The fourth-order valence-corrected chi connectivity index (χ4v) is 2.41. The maximum absolute atomic E-state index is 5.99. The number of nitrogens with two attached hydrogens (primary N) is 1. The number of halogens is 2. The van der Waals surface area contributed by atoms with Crippen LogP contribution in [0.1, 0.15) is 44.2 Å². The number of hydrazine groups is 1. The number of hydrogen-bond donors (Lipinski definition) is 2. The van der Waals surface area contributed by atoms with Gasteiger partial charge in [0.2, 0.25) is 0 Å². The van der Waals surface area contributed by atoms with Gasteiger partial charge in [-0.15, -0.1) is 0 Å². The van der Waals surface area contributed by atoms with E-state index in [9.17, 15) is 0 Å². The zero-order valence-electron chi connectivity index (χ0n) is 9.47. The zero-order valence-corrected chi connectivity index (χ0v) is 11.8. The Morgan fingerprint density at radius 2 is 2.19 bits per heavy atom. The summed E-state index contributed by atoms with van der Waals surface area (Å²) in [5.74, 6) is 5.59. The fraction of sp³-hybridized carbons (Fsp3) is 0.500. The third-order valence-corrected chi connectivity index (χ3v) is 3.59. The molecule has 0 amide bonds. The lowest BCUT2D eigenvalue weighted by molar-refractivity contribution is 0.485. The molecule has 4 heteroatoms. The molecule has 0 aliphatic rings. The van der Waals surface area contributed by atoms with Gasteiger partial charge in [-0.2, -0.15) is 0 Å². The summed E-state index contributed by atoms with van der Waals surface area (Å²) in [7, 11) is 0. The highest BCUT2D eigenvalue weighted by Crippen LogP contribution is 2.29. The lowest BCUT2D eigenvalue weighted by Crippen LogP contribution is -2.28. The molecule has 1 aromatic rings. The maximum Gasteiger partial charge on any atom is 0.0471 e. The van der Waals surface area contributed by atoms with Crippen molar-refractivity contribution in [3.63, 3.8) is 0 Å². The summed E-state index contributed by atoms with van der Waals surface area (Å²) in [6, 6.07) is 5.96. The Labute approximate surface area is 111 Å². The van der Waals surface area contributed by atoms with Crippen LogP contribution in [0.15, 0.2) is 22.7 Å². The molecular formula is C12H18BrClN2. The summed E-state index contributed by atoms with van der Waals surface area (Å²) >= 11 is 9.52. The van der Waals surface area contributed by atoms with E-state index >= 15 is 0 Å². The molecule has 0 radical (unpaired) electrons. The van der Waals surface area contributed by atoms with Crippen molar-refractivity contribution < 1.29 is 0 Å². The number of hydrogen-bond acceptors (Lipinski definition) is 2. The quantitative estimate of drug-likeness (QED) is 0.470. The molecule has 1 aromatic carbocycles. The first-order chi connectivity index (χ1) is 7.69. The largest absolute Gasteiger partial charge is 0.271 e. The third-order valence-electron chi connectivity index (χ3n) is 2.63. The van der Waals surface area contributed by atoms with Crippen LogP contribution in [-0.4, -0.2) is 0 Å². The van der Waals surface area contributed by atoms with E-state index < -0.39 is 0 Å². The van der Waals surface area contributed by atoms with Gasteiger partial charge in [-0.05, 0) is 30.2 Å². The summed E-state index contributed by atoms with van der Waals surface area (Å²) in [5, 5.41) is 0.744. The van der Waals surface area contributed by atoms with Crippen LogP contribution < -0.4 is 11.3 Å². The van der Waals surface area contributed by atoms with Crippen LogP contribution in [0.4, 0.5) is 0 Å². The van der Waals surface area contributed by atoms with Gasteiger partial charge in [-0.3, -0.25) is 11.3 Å². The molecule has 0 fully saturated rings. The molecule has 90 valence electrons. The molecular weight excluding hydrogens is 288 g/mol. The van der Waals surface area contributed by atoms with E-state index in [0.717, 1.165) is 21.5 Å². The smallest absolute Gasteiger partial charge is 0.0471 e. The third kappa shape index (κ3) is 4.06. The van der Waals surface area contributed by atoms with Crippen LogP contribution in [0.25, 0.3) is 0 Å². The van der Waals surface area contributed by atoms with Gasteiger partial charge in [0.25, 0.3) is 0 Å². The standard InChI is InChI=1S/C12H18BrClN2/c1-2-3-4-5-12(16-15)10-8-9(14)6-7-11(10)13/h6-8,12,16H,2-5,15H2,1H3. The minimum absolute atomic E-state index is 0.166. The molecule has 0 bridgehead atoms. The van der Waals surface area contributed by atoms with Gasteiger partial charge < -0.3 is 0 Å². The van der Waals surface area contributed by atoms with Crippen LogP contribution in [0.3, 0.4) is 0 Å². The van der Waals surface area contributed by atoms with Crippen molar-refractivity contribution in [3.8, 4) is 0 Å². The van der Waals surface area contributed by atoms with Crippen LogP contribution in [0.5, 0.6) is 0 Å². The molecule has 0 saturated carbocycles. The van der Waals surface area contributed by atoms with Gasteiger partial charge in [0.15, 0.2) is 0 Å². The average Bonchev–Trinajstić information content (AvgIpc) is 2.28. The summed E-state index contributed by atoms with van der Waals surface area (Å²) in [6.07, 6.45) is 4.65. The van der Waals surface area contributed by atoms with Crippen LogP contribution in [-0.2, 0) is 0 Å². The zero-order chi connectivity index (χ0) is 12.0. The first-order valence-corrected chi connectivity index (χ1v) is 6.77. The van der Waals surface area contributed by atoms with Gasteiger partial charge >= 0.3 is 0 Å². The van der Waals surface area contributed by atoms with Crippen molar-refractivity contribution in [2.45, 2.75) is 38.6 Å². The Hall–Kier alpha value is -0.0900. The minimum atomic E-state index is 0.166. The number of unbranched alkanes of at least 4 members (excludes halogenated alkanes) is 2. The molecule has 1 atom stereocenters. The Morgan fingerprint density at radius 1 is 1.44 bits per heavy atom. The monoisotopic (exact) mass is 304 g/mol. The molecule has 0 saturated heterocycles. The molecule has 0 aromatic heterocycles. The molecule has 16 heavy (non-hydrogen) atoms. The highest BCUT2D eigenvalue weighted by atomic mass is 79.9. The predicted molar refractivity (Wildman–Crippen MR) is 73.4 cm³/mol. The SMILES string of the molecule is CCCCCC(NN)c1cc(Cl)ccc1Br. The second-order valence-electron chi connectivity index (χ2n) is 3.88. The topological polar surface area (TPSA) is 38.0 Å². The number of rotatable bonds is 6. The van der Waals surface area contributed by atoms with E-state index in [2.05, 4.69) is 28.3 Å². The first-order valence-electron chi connectivity index (χ1n) is 5.60. The van der Waals surface area contributed by atoms with Crippen molar-refractivity contribution in [3.05, 3.63) is 33.3 Å². The fourth-order valence-electron chi connectivity index (χ4n) is 1.71. The van der Waals surface area contributed by atoms with Crippen molar-refractivity contribution in [2.24, 2.45) is 5.84 Å². The molecule has 0 aliphatic heterocycles. The van der Waals surface area contributed by atoms with Crippen molar-refractivity contribution in [2.75, 3.05) is 0 Å². The van der Waals surface area contributed by atoms with E-state index in [4.69, 9.17) is 17.4 Å². The Bertz CT molecular complexity index is 331. The van der Waals surface area contributed by atoms with Gasteiger partial charge in [0.1, 0.15) is 0 Å². The summed E-state index contributed by atoms with van der Waals surface area (Å²) < 4.78 is 1.05. The molecule has 0 aliphatic carbocycles. The van der Waals surface area contributed by atoms with Gasteiger partial charge in [-0.25, -0.2) is 0 Å². The minimum Gasteiger partial charge on any atom is -0.271 e. The van der Waals surface area contributed by atoms with Crippen LogP contribution in [0, 0.1) is 0 Å². The van der Waals surface area contributed by atoms with Crippen molar-refractivity contribution in [1.29, 1.82) is 0 Å². The second-order valence-corrected chi connectivity index (χ2v) is 5.17. The molecule has 1 rings (SSSR count). The summed E-state index contributed by atoms with van der Waals surface area (Å²) in [4.78, 5) is 0. The number of benzene rings is 1. The predicted octanol–water partition coefficient (Wildman–Crippen LogP) is 4.19. The maximum atomic E-state index is 5.99. The Balaban J connectivity index is 2.73. The molecule has 3 N–H and O–H groups in total. The van der Waals surface area contributed by atoms with Crippen LogP contribution >= 0.6 is 27.5 Å². The van der Waals surface area contributed by atoms with Gasteiger partial charge in [0.05, 0.1) is 0 Å². The lowest BCUT2D eigenvalue weighted by Gasteiger charge is -2.18. The van der Waals surface area contributed by atoms with E-state index in [1.165, 1.54) is 19.3 Å². The second kappa shape index (κ2) is 7.28. The molecule has 0 heterocycles. The van der Waals surface area contributed by atoms with Gasteiger partial charge in [0, 0.05) is 15.5 Å². The summed E-state index contributed by atoms with van der Waals surface area (Å²) in [5.41, 5.74) is 3.99. The number of nitrogens with one attached hydrogen (secondary N) is 1. The highest BCUT2D eigenvalue weighted by Gasteiger charge is 2.12. The lowest BCUT2D eigenvalue weighted by atomic mass is 10.0. The van der Waals surface area contributed by atoms with E-state index in [1.807, 2.05) is 18.2 Å². The first kappa shape index (κ1) is 14.0. The normalized spacial score (nSPS) is 12.8. The van der Waals surface area contributed by atoms with E-state index in [-0.39, 0.29) is 6.04 Å². The van der Waals surface area contributed by atoms with Gasteiger partial charge in [-0.1, -0.05) is 53.7 Å². The Morgan fingerprint density at radius 3 is 2.81 bits per heavy atom. The van der Waals surface area contributed by atoms with Crippen LogP contribution in [0.2, 0.25) is 5.02 Å². The van der Waals surface area contributed by atoms with E-state index in [0.29, 0.717) is 0 Å². The Kier molecular flexibility index (Phi) is 6.36. The molecule has 2 nitrogen and oxygen atoms in total. The molecule has 1 unspecified atom stereocenters. The highest BCUT2D eigenvalue weighted by molar-refractivity contribution is 9.10. The van der Waals surface area contributed by atoms with E-state index in [1.54, 1.807) is 0 Å². The average molecular weight is 306 g/mol. The van der Waals surface area contributed by atoms with Crippen molar-refractivity contribution in [1.82, 2.24) is 5.43 Å². The summed E-state index contributed by atoms with van der Waals surface area (Å²) in [6.45, 7) is 2.19. The molecule has 0 spiro atoms. The van der Waals surface area contributed by atoms with Crippen molar-refractivity contribution >= 4 is 27.5 Å².